The second-order valence-electron chi connectivity index (χ2n) is 10.2. The number of likely N-dealkylation sites (tertiary alicyclic amines) is 1. The van der Waals surface area contributed by atoms with Crippen LogP contribution in [0.15, 0.2) is 61.2 Å². The maximum absolute atomic E-state index is 13.1. The summed E-state index contributed by atoms with van der Waals surface area (Å²) in [6, 6.07) is 11.6. The lowest BCUT2D eigenvalue weighted by atomic mass is 9.55. The van der Waals surface area contributed by atoms with Crippen molar-refractivity contribution < 1.29 is 27.8 Å². The van der Waals surface area contributed by atoms with Gasteiger partial charge in [-0.3, -0.25) is 9.69 Å². The normalized spacial score (nSPS) is 25.6. The average molecular weight is 527 g/mol. The van der Waals surface area contributed by atoms with Crippen LogP contribution >= 0.6 is 0 Å². The molecule has 1 amide bonds. The number of carbonyl (C=O) groups excluding carboxylic acids is 1. The van der Waals surface area contributed by atoms with Crippen LogP contribution in [0.4, 0.5) is 13.2 Å². The first-order chi connectivity index (χ1) is 18.0. The van der Waals surface area contributed by atoms with Crippen molar-refractivity contribution in [3.8, 4) is 17.6 Å². The van der Waals surface area contributed by atoms with Crippen LogP contribution in [0, 0.1) is 11.8 Å². The number of fused-ring (bicyclic) bond motifs is 1. The highest BCUT2D eigenvalue weighted by Gasteiger charge is 2.59. The van der Waals surface area contributed by atoms with Crippen LogP contribution in [-0.2, 0) is 21.1 Å². The Kier molecular flexibility index (Phi) is 7.91. The highest BCUT2D eigenvalue weighted by atomic mass is 19.4. The van der Waals surface area contributed by atoms with E-state index >= 15 is 0 Å². The topological polar surface area (TPSA) is 53.0 Å². The molecule has 0 bridgehead atoms. The van der Waals surface area contributed by atoms with Crippen LogP contribution in [-0.4, -0.2) is 66.2 Å². The molecule has 1 saturated heterocycles. The summed E-state index contributed by atoms with van der Waals surface area (Å²) in [4.78, 5) is 17.0. The molecule has 2 aromatic carbocycles. The molecule has 1 aliphatic heterocycles. The fourth-order valence-electron chi connectivity index (χ4n) is 6.16. The molecule has 202 valence electrons. The highest BCUT2D eigenvalue weighted by molar-refractivity contribution is 5.94. The molecule has 0 radical (unpaired) electrons. The summed E-state index contributed by atoms with van der Waals surface area (Å²) in [7, 11) is 3.46. The predicted octanol–water partition coefficient (Wildman–Crippen LogP) is 4.99. The van der Waals surface area contributed by atoms with Gasteiger partial charge in [-0.15, -0.1) is 6.58 Å². The molecule has 4 rings (SSSR count). The Balaban J connectivity index is 1.60. The fraction of sp³-hybridized carbons (Fsp3) is 0.433. The second-order valence-corrected chi connectivity index (χ2v) is 10.2. The number of halogens is 3. The molecule has 0 unspecified atom stereocenters. The van der Waals surface area contributed by atoms with E-state index in [9.17, 15) is 23.1 Å². The first-order valence-electron chi connectivity index (χ1n) is 12.7. The van der Waals surface area contributed by atoms with Crippen LogP contribution < -0.4 is 0 Å². The maximum atomic E-state index is 13.1. The minimum atomic E-state index is -4.42. The summed E-state index contributed by atoms with van der Waals surface area (Å²) in [5.41, 5.74) is -0.372. The number of carbonyl (C=O) groups is 1. The van der Waals surface area contributed by atoms with Crippen molar-refractivity contribution in [3.63, 3.8) is 0 Å². The molecule has 1 aliphatic carbocycles. The van der Waals surface area contributed by atoms with Gasteiger partial charge in [0.1, 0.15) is 5.75 Å². The monoisotopic (exact) mass is 526 g/mol. The number of phenolic OH excluding ortho intramolecular Hbond substituents is 1. The first kappa shape index (κ1) is 27.7. The number of amides is 1. The Bertz CT molecular complexity index is 1230. The number of aromatic hydroxyl groups is 1. The summed E-state index contributed by atoms with van der Waals surface area (Å²) >= 11 is 0. The van der Waals surface area contributed by atoms with Crippen molar-refractivity contribution >= 4 is 5.91 Å². The third kappa shape index (κ3) is 5.31. The number of nitrogens with zero attached hydrogens (tertiary/aromatic N) is 2. The highest BCUT2D eigenvalue weighted by Crippen LogP contribution is 2.54. The van der Waals surface area contributed by atoms with E-state index in [0.29, 0.717) is 31.4 Å². The van der Waals surface area contributed by atoms with Crippen molar-refractivity contribution in [2.45, 2.75) is 48.9 Å². The average Bonchev–Trinajstić information content (AvgIpc) is 2.90. The third-order valence-corrected chi connectivity index (χ3v) is 8.24. The number of rotatable bonds is 5. The van der Waals surface area contributed by atoms with Crippen LogP contribution in [0.1, 0.15) is 42.4 Å². The Morgan fingerprint density at radius 2 is 2.00 bits per heavy atom. The van der Waals surface area contributed by atoms with Gasteiger partial charge < -0.3 is 14.7 Å². The van der Waals surface area contributed by atoms with Crippen molar-refractivity contribution in [3.05, 3.63) is 77.9 Å². The van der Waals surface area contributed by atoms with Crippen molar-refractivity contribution in [2.75, 3.05) is 33.8 Å². The number of hydrogen-bond acceptors (Lipinski definition) is 4. The Morgan fingerprint density at radius 1 is 1.26 bits per heavy atom. The van der Waals surface area contributed by atoms with E-state index in [1.54, 1.807) is 31.2 Å². The molecule has 5 nitrogen and oxygen atoms in total. The lowest BCUT2D eigenvalue weighted by Gasteiger charge is -2.60. The lowest BCUT2D eigenvalue weighted by Crippen LogP contribution is -2.68. The minimum absolute atomic E-state index is 0.124. The second kappa shape index (κ2) is 10.8. The van der Waals surface area contributed by atoms with Gasteiger partial charge in [-0.05, 0) is 74.2 Å². The lowest BCUT2D eigenvalue weighted by molar-refractivity contribution is -0.157. The molecule has 1 heterocycles. The summed E-state index contributed by atoms with van der Waals surface area (Å²) in [6.45, 7) is 6.17. The molecule has 38 heavy (non-hydrogen) atoms. The van der Waals surface area contributed by atoms with Crippen LogP contribution in [0.5, 0.6) is 5.75 Å². The fourth-order valence-corrected chi connectivity index (χ4v) is 6.16. The molecular weight excluding hydrogens is 493 g/mol. The molecule has 1 N–H and O–H groups in total. The van der Waals surface area contributed by atoms with Gasteiger partial charge in [-0.1, -0.05) is 24.1 Å². The number of hydrogen-bond donors (Lipinski definition) is 1. The summed E-state index contributed by atoms with van der Waals surface area (Å²) in [5, 5.41) is 10.3. The number of methoxy groups -OCH3 is 1. The number of phenols is 1. The van der Waals surface area contributed by atoms with Gasteiger partial charge in [0, 0.05) is 50.2 Å². The zero-order valence-corrected chi connectivity index (χ0v) is 21.7. The molecule has 0 spiro atoms. The summed E-state index contributed by atoms with van der Waals surface area (Å²) in [6.07, 6.45) is 0.304. The molecule has 2 fully saturated rings. The summed E-state index contributed by atoms with van der Waals surface area (Å²) in [5.74, 6) is 5.10. The predicted molar refractivity (Wildman–Crippen MR) is 140 cm³/mol. The molecule has 8 heteroatoms. The zero-order valence-electron chi connectivity index (χ0n) is 21.7. The molecular formula is C30H33F3N2O3. The smallest absolute Gasteiger partial charge is 0.416 e. The maximum Gasteiger partial charge on any atom is 0.416 e. The zero-order chi connectivity index (χ0) is 27.6. The number of piperidine rings is 1. The summed E-state index contributed by atoms with van der Waals surface area (Å²) < 4.78 is 44.8. The SMILES string of the molecule is C=CCN1CC[C@@]2(c3cccc(O)c3)C[C@@H](N(C)C(=O)C#Cc3ccc(C(F)(F)F)cc3)CC[C@]2(OC)C1. The van der Waals surface area contributed by atoms with Gasteiger partial charge in [0.05, 0.1) is 11.2 Å². The van der Waals surface area contributed by atoms with E-state index in [4.69, 9.17) is 4.74 Å². The van der Waals surface area contributed by atoms with E-state index in [-0.39, 0.29) is 11.8 Å². The van der Waals surface area contributed by atoms with E-state index in [2.05, 4.69) is 23.3 Å². The van der Waals surface area contributed by atoms with E-state index < -0.39 is 28.7 Å². The van der Waals surface area contributed by atoms with Crippen molar-refractivity contribution in [1.82, 2.24) is 9.80 Å². The quantitative estimate of drug-likeness (QED) is 0.441. The Hall–Kier alpha value is -3.28. The molecule has 1 saturated carbocycles. The van der Waals surface area contributed by atoms with E-state index in [1.807, 2.05) is 18.2 Å². The number of benzene rings is 2. The van der Waals surface area contributed by atoms with E-state index in [0.717, 1.165) is 37.2 Å². The van der Waals surface area contributed by atoms with Gasteiger partial charge in [0.15, 0.2) is 0 Å². The number of ether oxygens (including phenoxy) is 1. The Labute approximate surface area is 221 Å². The van der Waals surface area contributed by atoms with Gasteiger partial charge in [-0.25, -0.2) is 0 Å². The van der Waals surface area contributed by atoms with Gasteiger partial charge in [-0.2, -0.15) is 13.2 Å². The molecule has 2 aromatic rings. The van der Waals surface area contributed by atoms with E-state index in [1.165, 1.54) is 12.1 Å². The standard InChI is InChI=1S/C30H33F3N2O3/c1-4-17-35-18-16-28(24-6-5-7-26(36)19-24)20-25(14-15-29(28,21-35)38-3)34(2)27(37)13-10-22-8-11-23(12-9-22)30(31,32)33/h4-9,11-12,19,25,36H,1,14-18,20-21H2,2-3H3/t25-,28-,29-/m0/s1. The Morgan fingerprint density at radius 3 is 2.63 bits per heavy atom. The van der Waals surface area contributed by atoms with Crippen molar-refractivity contribution in [1.29, 1.82) is 0 Å². The molecule has 3 atom stereocenters. The van der Waals surface area contributed by atoms with Crippen LogP contribution in [0.25, 0.3) is 0 Å². The van der Waals surface area contributed by atoms with Gasteiger partial charge in [0.2, 0.25) is 0 Å². The van der Waals surface area contributed by atoms with Gasteiger partial charge in [0.25, 0.3) is 5.91 Å². The van der Waals surface area contributed by atoms with Gasteiger partial charge >= 0.3 is 6.18 Å². The first-order valence-corrected chi connectivity index (χ1v) is 12.7. The largest absolute Gasteiger partial charge is 0.508 e. The number of alkyl halides is 3. The van der Waals surface area contributed by atoms with Crippen molar-refractivity contribution in [2.24, 2.45) is 0 Å². The van der Waals surface area contributed by atoms with Crippen LogP contribution in [0.3, 0.4) is 0 Å². The minimum Gasteiger partial charge on any atom is -0.508 e. The van der Waals surface area contributed by atoms with Crippen LogP contribution in [0.2, 0.25) is 0 Å². The molecule has 2 aliphatic rings. The third-order valence-electron chi connectivity index (χ3n) is 8.24. The molecule has 0 aromatic heterocycles.